The number of sulfonamides is 1. The van der Waals surface area contributed by atoms with E-state index < -0.39 is 10.0 Å². The minimum atomic E-state index is -3.74. The van der Waals surface area contributed by atoms with Crippen LogP contribution in [0.2, 0.25) is 5.02 Å². The molecule has 6 nitrogen and oxygen atoms in total. The van der Waals surface area contributed by atoms with Crippen molar-refractivity contribution in [2.24, 2.45) is 0 Å². The molecule has 3 aromatic rings. The van der Waals surface area contributed by atoms with Crippen LogP contribution >= 0.6 is 11.6 Å². The zero-order chi connectivity index (χ0) is 20.9. The predicted molar refractivity (Wildman–Crippen MR) is 113 cm³/mol. The van der Waals surface area contributed by atoms with Crippen LogP contribution in [0.5, 0.6) is 5.75 Å². The second-order valence-electron chi connectivity index (χ2n) is 6.10. The Morgan fingerprint density at radius 3 is 2.41 bits per heavy atom. The number of carbonyl (C=O) groups excluding carboxylic acids is 1. The highest BCUT2D eigenvalue weighted by Crippen LogP contribution is 2.24. The van der Waals surface area contributed by atoms with E-state index >= 15 is 0 Å². The summed E-state index contributed by atoms with van der Waals surface area (Å²) in [7, 11) is -2.28. The van der Waals surface area contributed by atoms with E-state index in [0.29, 0.717) is 27.6 Å². The van der Waals surface area contributed by atoms with Crippen molar-refractivity contribution in [1.29, 1.82) is 0 Å². The van der Waals surface area contributed by atoms with Gasteiger partial charge in [0.05, 0.1) is 23.3 Å². The van der Waals surface area contributed by atoms with E-state index in [1.165, 1.54) is 19.2 Å². The van der Waals surface area contributed by atoms with Crippen molar-refractivity contribution >= 4 is 33.2 Å². The van der Waals surface area contributed by atoms with Gasteiger partial charge in [-0.3, -0.25) is 9.52 Å². The molecular formula is C21H19ClN2O4S. The van der Waals surface area contributed by atoms with E-state index in [9.17, 15) is 13.2 Å². The zero-order valence-corrected chi connectivity index (χ0v) is 17.1. The highest BCUT2D eigenvalue weighted by Gasteiger charge is 2.17. The van der Waals surface area contributed by atoms with Crippen LogP contribution in [0.4, 0.5) is 5.69 Å². The van der Waals surface area contributed by atoms with Gasteiger partial charge in [-0.2, -0.15) is 0 Å². The first-order valence-electron chi connectivity index (χ1n) is 8.68. The molecule has 0 radical (unpaired) electrons. The van der Waals surface area contributed by atoms with Crippen molar-refractivity contribution in [3.63, 3.8) is 0 Å². The fourth-order valence-electron chi connectivity index (χ4n) is 2.70. The lowest BCUT2D eigenvalue weighted by Crippen LogP contribution is -2.24. The lowest BCUT2D eigenvalue weighted by molar-refractivity contribution is 0.0948. The third-order valence-electron chi connectivity index (χ3n) is 4.16. The summed E-state index contributed by atoms with van der Waals surface area (Å²) in [5, 5.41) is 3.24. The molecule has 3 rings (SSSR count). The van der Waals surface area contributed by atoms with E-state index in [1.807, 2.05) is 0 Å². The summed E-state index contributed by atoms with van der Waals surface area (Å²) in [5.41, 5.74) is 1.34. The fraction of sp³-hybridized carbons (Fsp3) is 0.0952. The highest BCUT2D eigenvalue weighted by atomic mass is 35.5. The Kier molecular flexibility index (Phi) is 6.41. The maximum Gasteiger partial charge on any atom is 0.261 e. The van der Waals surface area contributed by atoms with Gasteiger partial charge in [0.1, 0.15) is 5.75 Å². The number of rotatable bonds is 7. The Morgan fingerprint density at radius 1 is 1.00 bits per heavy atom. The van der Waals surface area contributed by atoms with Gasteiger partial charge in [-0.1, -0.05) is 48.0 Å². The van der Waals surface area contributed by atoms with E-state index in [-0.39, 0.29) is 17.3 Å². The number of anilines is 1. The Balaban J connectivity index is 1.77. The molecule has 0 bridgehead atoms. The van der Waals surface area contributed by atoms with Crippen molar-refractivity contribution in [2.45, 2.75) is 11.4 Å². The molecule has 0 heterocycles. The summed E-state index contributed by atoms with van der Waals surface area (Å²) in [6, 6.07) is 19.7. The minimum Gasteiger partial charge on any atom is -0.496 e. The zero-order valence-electron chi connectivity index (χ0n) is 15.6. The van der Waals surface area contributed by atoms with Gasteiger partial charge in [0.15, 0.2) is 0 Å². The smallest absolute Gasteiger partial charge is 0.261 e. The van der Waals surface area contributed by atoms with Gasteiger partial charge in [-0.05, 0) is 42.0 Å². The van der Waals surface area contributed by atoms with Crippen LogP contribution in [0.15, 0.2) is 77.7 Å². The van der Waals surface area contributed by atoms with Crippen LogP contribution in [0.25, 0.3) is 0 Å². The van der Waals surface area contributed by atoms with Gasteiger partial charge >= 0.3 is 0 Å². The molecule has 0 aliphatic heterocycles. The average Bonchev–Trinajstić information content (AvgIpc) is 2.73. The monoisotopic (exact) mass is 430 g/mol. The molecule has 1 amide bonds. The van der Waals surface area contributed by atoms with Crippen molar-refractivity contribution in [3.05, 3.63) is 88.9 Å². The molecule has 2 N–H and O–H groups in total. The molecule has 0 aliphatic carbocycles. The van der Waals surface area contributed by atoms with Crippen LogP contribution in [-0.4, -0.2) is 21.4 Å². The standard InChI is InChI=1S/C21H19ClN2O4S/c1-28-20-13-16(22)11-12-18(20)21(25)23-14-15-7-5-6-10-19(15)24-29(26,27)17-8-3-2-4-9-17/h2-13,24H,14H2,1H3,(H,23,25). The number of amides is 1. The molecule has 0 saturated heterocycles. The molecule has 0 saturated carbocycles. The van der Waals surface area contributed by atoms with Crippen LogP contribution in [0.1, 0.15) is 15.9 Å². The minimum absolute atomic E-state index is 0.123. The highest BCUT2D eigenvalue weighted by molar-refractivity contribution is 7.92. The summed E-state index contributed by atoms with van der Waals surface area (Å²) in [4.78, 5) is 12.7. The van der Waals surface area contributed by atoms with E-state index in [2.05, 4.69) is 10.0 Å². The molecule has 0 aromatic heterocycles. The Morgan fingerprint density at radius 2 is 1.69 bits per heavy atom. The molecule has 0 fully saturated rings. The van der Waals surface area contributed by atoms with Crippen LogP contribution in [0, 0.1) is 0 Å². The summed E-state index contributed by atoms with van der Waals surface area (Å²) < 4.78 is 33.0. The normalized spacial score (nSPS) is 11.0. The molecule has 0 atom stereocenters. The molecule has 29 heavy (non-hydrogen) atoms. The van der Waals surface area contributed by atoms with E-state index in [0.717, 1.165) is 0 Å². The molecule has 8 heteroatoms. The van der Waals surface area contributed by atoms with Crippen molar-refractivity contribution in [1.82, 2.24) is 5.32 Å². The van der Waals surface area contributed by atoms with Crippen LogP contribution in [-0.2, 0) is 16.6 Å². The molecule has 0 aliphatic rings. The predicted octanol–water partition coefficient (Wildman–Crippen LogP) is 4.08. The van der Waals surface area contributed by atoms with Gasteiger partial charge in [0.25, 0.3) is 15.9 Å². The number of hydrogen-bond acceptors (Lipinski definition) is 4. The molecule has 150 valence electrons. The number of nitrogens with one attached hydrogen (secondary N) is 2. The van der Waals surface area contributed by atoms with Crippen molar-refractivity contribution < 1.29 is 17.9 Å². The Bertz CT molecular complexity index is 1120. The van der Waals surface area contributed by atoms with Gasteiger partial charge in [0.2, 0.25) is 0 Å². The quantitative estimate of drug-likeness (QED) is 0.591. The van der Waals surface area contributed by atoms with Crippen LogP contribution in [0.3, 0.4) is 0 Å². The number of benzene rings is 3. The molecule has 3 aromatic carbocycles. The lowest BCUT2D eigenvalue weighted by Gasteiger charge is -2.14. The maximum absolute atomic E-state index is 12.6. The number of carbonyl (C=O) groups is 1. The number of hydrogen-bond donors (Lipinski definition) is 2. The Hall–Kier alpha value is -3.03. The third-order valence-corrected chi connectivity index (χ3v) is 5.78. The largest absolute Gasteiger partial charge is 0.496 e. The van der Waals surface area contributed by atoms with Gasteiger partial charge < -0.3 is 10.1 Å². The lowest BCUT2D eigenvalue weighted by atomic mass is 10.1. The SMILES string of the molecule is COc1cc(Cl)ccc1C(=O)NCc1ccccc1NS(=O)(=O)c1ccccc1. The third kappa shape index (κ3) is 5.07. The first kappa shape index (κ1) is 20.7. The number of methoxy groups -OCH3 is 1. The summed E-state index contributed by atoms with van der Waals surface area (Å²) in [6.45, 7) is 0.123. The second kappa shape index (κ2) is 8.98. The number of ether oxygens (including phenoxy) is 1. The topological polar surface area (TPSA) is 84.5 Å². The number of halogens is 1. The van der Waals surface area contributed by atoms with Gasteiger partial charge in [0, 0.05) is 11.6 Å². The molecule has 0 spiro atoms. The van der Waals surface area contributed by atoms with Gasteiger partial charge in [-0.25, -0.2) is 8.42 Å². The Labute approximate surface area is 174 Å². The van der Waals surface area contributed by atoms with E-state index in [4.69, 9.17) is 16.3 Å². The van der Waals surface area contributed by atoms with Crippen molar-refractivity contribution in [3.8, 4) is 5.75 Å². The molecular weight excluding hydrogens is 412 g/mol. The molecule has 0 unspecified atom stereocenters. The first-order valence-corrected chi connectivity index (χ1v) is 10.5. The van der Waals surface area contributed by atoms with Crippen molar-refractivity contribution in [2.75, 3.05) is 11.8 Å². The fourth-order valence-corrected chi connectivity index (χ4v) is 3.98. The maximum atomic E-state index is 12.6. The van der Waals surface area contributed by atoms with Crippen LogP contribution < -0.4 is 14.8 Å². The van der Waals surface area contributed by atoms with E-state index in [1.54, 1.807) is 60.7 Å². The summed E-state index contributed by atoms with van der Waals surface area (Å²) in [6.07, 6.45) is 0. The van der Waals surface area contributed by atoms with Gasteiger partial charge in [-0.15, -0.1) is 0 Å². The summed E-state index contributed by atoms with van der Waals surface area (Å²) >= 11 is 5.93. The second-order valence-corrected chi connectivity index (χ2v) is 8.22. The first-order chi connectivity index (χ1) is 13.9. The average molecular weight is 431 g/mol. The number of para-hydroxylation sites is 1. The summed E-state index contributed by atoms with van der Waals surface area (Å²) in [5.74, 6) is -0.00713.